The topological polar surface area (TPSA) is 61.2 Å². The molecule has 0 aliphatic rings. The Kier molecular flexibility index (Phi) is 6.50. The molecule has 0 fully saturated rings. The molecule has 0 bridgehead atoms. The minimum Gasteiger partial charge on any atom is -0.305 e. The van der Waals surface area contributed by atoms with Gasteiger partial charge in [0.25, 0.3) is 0 Å². The van der Waals surface area contributed by atoms with Gasteiger partial charge in [0.1, 0.15) is 9.84 Å². The van der Waals surface area contributed by atoms with Crippen LogP contribution in [0.15, 0.2) is 0 Å². The number of hydrogen-bond acceptors (Lipinski definition) is 4. The zero-order valence-corrected chi connectivity index (χ0v) is 9.68. The van der Waals surface area contributed by atoms with E-state index in [2.05, 4.69) is 6.07 Å². The monoisotopic (exact) mass is 218 g/mol. The number of rotatable bonds is 7. The van der Waals surface area contributed by atoms with Crippen molar-refractivity contribution in [3.05, 3.63) is 0 Å². The van der Waals surface area contributed by atoms with E-state index < -0.39 is 9.84 Å². The van der Waals surface area contributed by atoms with Crippen LogP contribution in [0.3, 0.4) is 0 Å². The molecular weight excluding hydrogens is 200 g/mol. The molecule has 0 saturated carbocycles. The van der Waals surface area contributed by atoms with Gasteiger partial charge in [-0.3, -0.25) is 0 Å². The minimum atomic E-state index is -2.83. The van der Waals surface area contributed by atoms with Gasteiger partial charge < -0.3 is 4.90 Å². The lowest BCUT2D eigenvalue weighted by Gasteiger charge is -2.13. The van der Waals surface area contributed by atoms with Crippen molar-refractivity contribution in [1.29, 1.82) is 5.26 Å². The Morgan fingerprint density at radius 3 is 2.50 bits per heavy atom. The van der Waals surface area contributed by atoms with Gasteiger partial charge in [0.2, 0.25) is 0 Å². The molecule has 14 heavy (non-hydrogen) atoms. The molecule has 0 aromatic heterocycles. The smallest absolute Gasteiger partial charge is 0.150 e. The SMILES string of the molecule is CCS(=O)(=O)CCCN(C)CCC#N. The Balaban J connectivity index is 3.60. The lowest BCUT2D eigenvalue weighted by molar-refractivity contribution is 0.343. The van der Waals surface area contributed by atoms with Crippen molar-refractivity contribution < 1.29 is 8.42 Å². The Morgan fingerprint density at radius 2 is 2.00 bits per heavy atom. The van der Waals surface area contributed by atoms with Gasteiger partial charge in [-0.05, 0) is 20.0 Å². The van der Waals surface area contributed by atoms with Crippen LogP contribution in [-0.4, -0.2) is 45.0 Å². The molecule has 4 nitrogen and oxygen atoms in total. The Hall–Kier alpha value is -0.600. The first-order valence-electron chi connectivity index (χ1n) is 4.77. The molecule has 0 N–H and O–H groups in total. The molecule has 0 atom stereocenters. The van der Waals surface area contributed by atoms with E-state index in [4.69, 9.17) is 5.26 Å². The van der Waals surface area contributed by atoms with E-state index in [1.54, 1.807) is 6.92 Å². The zero-order valence-electron chi connectivity index (χ0n) is 8.86. The van der Waals surface area contributed by atoms with Gasteiger partial charge in [0.15, 0.2) is 0 Å². The van der Waals surface area contributed by atoms with Crippen molar-refractivity contribution in [3.8, 4) is 6.07 Å². The predicted molar refractivity (Wildman–Crippen MR) is 56.7 cm³/mol. The summed E-state index contributed by atoms with van der Waals surface area (Å²) in [6.45, 7) is 3.11. The summed E-state index contributed by atoms with van der Waals surface area (Å²) >= 11 is 0. The molecule has 0 rings (SSSR count). The van der Waals surface area contributed by atoms with Crippen molar-refractivity contribution in [2.24, 2.45) is 0 Å². The Morgan fingerprint density at radius 1 is 1.36 bits per heavy atom. The second-order valence-corrected chi connectivity index (χ2v) is 5.77. The van der Waals surface area contributed by atoms with Crippen molar-refractivity contribution in [1.82, 2.24) is 4.90 Å². The predicted octanol–water partition coefficient (Wildman–Crippen LogP) is 0.657. The van der Waals surface area contributed by atoms with Crippen molar-refractivity contribution in [3.63, 3.8) is 0 Å². The van der Waals surface area contributed by atoms with Gasteiger partial charge in [-0.1, -0.05) is 6.92 Å². The van der Waals surface area contributed by atoms with E-state index in [9.17, 15) is 8.42 Å². The number of sulfone groups is 1. The van der Waals surface area contributed by atoms with Crippen LogP contribution < -0.4 is 0 Å². The van der Waals surface area contributed by atoms with Gasteiger partial charge in [0.05, 0.1) is 11.8 Å². The molecular formula is C9H18N2O2S. The molecule has 0 unspecified atom stereocenters. The minimum absolute atomic E-state index is 0.217. The second-order valence-electron chi connectivity index (χ2n) is 3.30. The number of nitriles is 1. The summed E-state index contributed by atoms with van der Waals surface area (Å²) in [6.07, 6.45) is 1.15. The first-order valence-corrected chi connectivity index (χ1v) is 6.60. The van der Waals surface area contributed by atoms with Crippen molar-refractivity contribution in [2.75, 3.05) is 31.6 Å². The molecule has 0 aliphatic carbocycles. The molecule has 0 heterocycles. The van der Waals surface area contributed by atoms with Crippen LogP contribution in [0.25, 0.3) is 0 Å². The maximum absolute atomic E-state index is 11.1. The standard InChI is InChI=1S/C9H18N2O2S/c1-3-14(12,13)9-5-8-11(2)7-4-6-10/h3-5,7-9H2,1-2H3. The largest absolute Gasteiger partial charge is 0.305 e. The lowest BCUT2D eigenvalue weighted by Crippen LogP contribution is -2.23. The normalized spacial score (nSPS) is 11.6. The third kappa shape index (κ3) is 6.87. The average molecular weight is 218 g/mol. The van der Waals surface area contributed by atoms with E-state index in [0.29, 0.717) is 19.4 Å². The third-order valence-electron chi connectivity index (χ3n) is 2.04. The van der Waals surface area contributed by atoms with Crippen LogP contribution in [0.4, 0.5) is 0 Å². The first-order chi connectivity index (χ1) is 6.52. The molecule has 0 radical (unpaired) electrons. The molecule has 0 aliphatic heterocycles. The zero-order chi connectivity index (χ0) is 11.0. The fourth-order valence-corrected chi connectivity index (χ4v) is 1.91. The highest BCUT2D eigenvalue weighted by Crippen LogP contribution is 1.96. The fraction of sp³-hybridized carbons (Fsp3) is 0.889. The third-order valence-corrected chi connectivity index (χ3v) is 3.83. The van der Waals surface area contributed by atoms with Crippen LogP contribution in [0.2, 0.25) is 0 Å². The highest BCUT2D eigenvalue weighted by molar-refractivity contribution is 7.91. The van der Waals surface area contributed by atoms with E-state index in [0.717, 1.165) is 6.54 Å². The summed E-state index contributed by atoms with van der Waals surface area (Å²) in [5.74, 6) is 0.468. The fourth-order valence-electron chi connectivity index (χ4n) is 1.05. The van der Waals surface area contributed by atoms with E-state index in [-0.39, 0.29) is 11.5 Å². The van der Waals surface area contributed by atoms with Crippen LogP contribution >= 0.6 is 0 Å². The van der Waals surface area contributed by atoms with E-state index >= 15 is 0 Å². The highest BCUT2D eigenvalue weighted by atomic mass is 32.2. The van der Waals surface area contributed by atoms with Crippen LogP contribution in [0.1, 0.15) is 19.8 Å². The van der Waals surface area contributed by atoms with Crippen molar-refractivity contribution >= 4 is 9.84 Å². The highest BCUT2D eigenvalue weighted by Gasteiger charge is 2.07. The molecule has 82 valence electrons. The van der Waals surface area contributed by atoms with Gasteiger partial charge in [0, 0.05) is 18.7 Å². The van der Waals surface area contributed by atoms with E-state index in [1.807, 2.05) is 11.9 Å². The summed E-state index contributed by atoms with van der Waals surface area (Å²) in [6, 6.07) is 2.06. The Bertz CT molecular complexity index is 280. The van der Waals surface area contributed by atoms with Gasteiger partial charge in [-0.25, -0.2) is 8.42 Å². The Labute approximate surface area is 86.4 Å². The summed E-state index contributed by atoms with van der Waals surface area (Å²) in [5, 5.41) is 8.34. The maximum atomic E-state index is 11.1. The first kappa shape index (κ1) is 13.4. The molecule has 0 amide bonds. The lowest BCUT2D eigenvalue weighted by atomic mass is 10.4. The molecule has 0 aromatic carbocycles. The van der Waals surface area contributed by atoms with Crippen molar-refractivity contribution in [2.45, 2.75) is 19.8 Å². The molecule has 0 saturated heterocycles. The van der Waals surface area contributed by atoms with Crippen LogP contribution in [0, 0.1) is 11.3 Å². The molecule has 5 heteroatoms. The number of nitrogens with zero attached hydrogens (tertiary/aromatic N) is 2. The molecule has 0 spiro atoms. The average Bonchev–Trinajstić information content (AvgIpc) is 2.14. The molecule has 0 aromatic rings. The second kappa shape index (κ2) is 6.80. The van der Waals surface area contributed by atoms with Crippen LogP contribution in [0.5, 0.6) is 0 Å². The van der Waals surface area contributed by atoms with Gasteiger partial charge in [-0.2, -0.15) is 5.26 Å². The van der Waals surface area contributed by atoms with E-state index in [1.165, 1.54) is 0 Å². The van der Waals surface area contributed by atoms with Gasteiger partial charge >= 0.3 is 0 Å². The van der Waals surface area contributed by atoms with Crippen LogP contribution in [-0.2, 0) is 9.84 Å². The summed E-state index contributed by atoms with van der Waals surface area (Å²) in [4.78, 5) is 1.98. The number of hydrogen-bond donors (Lipinski definition) is 0. The summed E-state index contributed by atoms with van der Waals surface area (Å²) < 4.78 is 22.2. The summed E-state index contributed by atoms with van der Waals surface area (Å²) in [5.41, 5.74) is 0. The summed E-state index contributed by atoms with van der Waals surface area (Å²) in [7, 11) is -0.929. The quantitative estimate of drug-likeness (QED) is 0.629. The van der Waals surface area contributed by atoms with Gasteiger partial charge in [-0.15, -0.1) is 0 Å². The maximum Gasteiger partial charge on any atom is 0.150 e.